The number of unbranched alkanes of at least 4 members (excludes halogenated alkanes) is 1. The van der Waals surface area contributed by atoms with Crippen molar-refractivity contribution in [1.29, 1.82) is 0 Å². The van der Waals surface area contributed by atoms with E-state index in [1.807, 2.05) is 35.2 Å². The van der Waals surface area contributed by atoms with Crippen LogP contribution in [0.4, 0.5) is 15.8 Å². The van der Waals surface area contributed by atoms with Crippen LogP contribution in [0.25, 0.3) is 0 Å². The second kappa shape index (κ2) is 10.3. The van der Waals surface area contributed by atoms with E-state index in [9.17, 15) is 18.3 Å². The number of aliphatic carboxylic acids is 1. The third kappa shape index (κ3) is 5.63. The van der Waals surface area contributed by atoms with Gasteiger partial charge >= 0.3 is 5.97 Å². The Bertz CT molecular complexity index is 1030. The molecule has 9 heteroatoms. The normalized spacial score (nSPS) is 21.2. The molecule has 0 radical (unpaired) electrons. The van der Waals surface area contributed by atoms with Gasteiger partial charge in [-0.25, -0.2) is 4.79 Å². The van der Waals surface area contributed by atoms with Crippen LogP contribution in [-0.4, -0.2) is 32.5 Å². The van der Waals surface area contributed by atoms with Gasteiger partial charge in [-0.3, -0.25) is 9.11 Å². The highest BCUT2D eigenvalue weighted by Gasteiger charge is 2.42. The van der Waals surface area contributed by atoms with E-state index >= 15 is 0 Å². The largest absolute Gasteiger partial charge is 0.476 e. The third-order valence-corrected chi connectivity index (χ3v) is 8.37. The summed E-state index contributed by atoms with van der Waals surface area (Å²) >= 11 is 6.41. The number of anilines is 2. The average molecular weight is 498 g/mol. The smallest absolute Gasteiger partial charge is 0.368 e. The molecule has 1 unspecified atom stereocenters. The van der Waals surface area contributed by atoms with Crippen molar-refractivity contribution in [3.63, 3.8) is 0 Å². The second-order valence-electron chi connectivity index (χ2n) is 8.33. The molecule has 0 aliphatic carbocycles. The molecule has 0 bridgehead atoms. The Kier molecular flexibility index (Phi) is 7.95. The van der Waals surface area contributed by atoms with Crippen molar-refractivity contribution < 1.29 is 28.1 Å². The van der Waals surface area contributed by atoms with Crippen molar-refractivity contribution in [3.8, 4) is 5.75 Å². The van der Waals surface area contributed by atoms with E-state index in [-0.39, 0.29) is 26.8 Å². The number of benzene rings is 2. The van der Waals surface area contributed by atoms with Gasteiger partial charge in [-0.05, 0) is 31.0 Å². The van der Waals surface area contributed by atoms with E-state index in [0.29, 0.717) is 18.5 Å². The van der Waals surface area contributed by atoms with Gasteiger partial charge in [0.15, 0.2) is 0 Å². The minimum Gasteiger partial charge on any atom is -0.476 e. The summed E-state index contributed by atoms with van der Waals surface area (Å²) < 4.78 is 41.3. The lowest BCUT2D eigenvalue weighted by atomic mass is 9.81. The van der Waals surface area contributed by atoms with Crippen molar-refractivity contribution >= 4 is 39.5 Å². The third-order valence-electron chi connectivity index (χ3n) is 6.03. The summed E-state index contributed by atoms with van der Waals surface area (Å²) in [5, 5.41) is 8.81. The van der Waals surface area contributed by atoms with Gasteiger partial charge in [0.2, 0.25) is 5.83 Å². The first-order valence-corrected chi connectivity index (χ1v) is 12.9. The minimum absolute atomic E-state index is 0.0580. The molecular formula is C24H29ClFNO5S. The number of rotatable bonds is 8. The zero-order chi connectivity index (χ0) is 24.2. The first-order chi connectivity index (χ1) is 15.6. The van der Waals surface area contributed by atoms with Gasteiger partial charge < -0.3 is 14.7 Å². The molecule has 3 rings (SSSR count). The molecule has 3 N–H and O–H groups in total. The number of ether oxygens (including phenoxy) is 1. The molecule has 6 nitrogen and oxygen atoms in total. The molecule has 0 spiro atoms. The standard InChI is InChI=1S/C24H29ClFNO5S/c1-3-5-11-24(4-2)15-27(17-9-7-6-8-10-17)20-12-18(25)21(32-14-19(26)23(28)29)13-22(20)33(30,31)16-24/h6-10,12-14,30-31H,3-5,11,15-16H2,1-2H3,(H,28,29). The Morgan fingerprint density at radius 1 is 1.27 bits per heavy atom. The van der Waals surface area contributed by atoms with Gasteiger partial charge in [0.25, 0.3) is 0 Å². The van der Waals surface area contributed by atoms with Crippen molar-refractivity contribution in [3.05, 3.63) is 59.6 Å². The maximum Gasteiger partial charge on any atom is 0.368 e. The molecule has 0 saturated carbocycles. The summed E-state index contributed by atoms with van der Waals surface area (Å²) in [7, 11) is -3.27. The fourth-order valence-electron chi connectivity index (χ4n) is 4.16. The summed E-state index contributed by atoms with van der Waals surface area (Å²) in [6.45, 7) is 4.74. The van der Waals surface area contributed by atoms with Crippen LogP contribution in [0.5, 0.6) is 5.75 Å². The number of carboxylic acid groups (broad SMARTS) is 1. The maximum absolute atomic E-state index is 13.4. The van der Waals surface area contributed by atoms with Gasteiger partial charge in [0, 0.05) is 29.5 Å². The van der Waals surface area contributed by atoms with Crippen LogP contribution in [0.15, 0.2) is 59.4 Å². The van der Waals surface area contributed by atoms with Crippen molar-refractivity contribution in [2.75, 3.05) is 17.2 Å². The highest BCUT2D eigenvalue weighted by molar-refractivity contribution is 8.24. The zero-order valence-corrected chi connectivity index (χ0v) is 20.2. The average Bonchev–Trinajstić information content (AvgIpc) is 2.88. The Balaban J connectivity index is 2.17. The second-order valence-corrected chi connectivity index (χ2v) is 10.8. The van der Waals surface area contributed by atoms with E-state index in [1.165, 1.54) is 6.07 Å². The number of carboxylic acids is 1. The lowest BCUT2D eigenvalue weighted by Gasteiger charge is -2.41. The van der Waals surface area contributed by atoms with Gasteiger partial charge in [-0.2, -0.15) is 15.0 Å². The maximum atomic E-state index is 13.4. The van der Waals surface area contributed by atoms with Gasteiger partial charge in [0.05, 0.1) is 15.6 Å². The SMILES string of the molecule is CCCCC1(CC)CN(c2ccccc2)c2cc(Cl)c(OC=C(F)C(=O)O)cc2S(O)(O)C1. The predicted molar refractivity (Wildman–Crippen MR) is 131 cm³/mol. The molecule has 1 aliphatic heterocycles. The first-order valence-electron chi connectivity index (χ1n) is 10.8. The van der Waals surface area contributed by atoms with Crippen LogP contribution < -0.4 is 9.64 Å². The van der Waals surface area contributed by atoms with Crippen LogP contribution in [0.1, 0.15) is 39.5 Å². The molecule has 2 aromatic rings. The van der Waals surface area contributed by atoms with Crippen LogP contribution >= 0.6 is 22.2 Å². The fraction of sp³-hybridized carbons (Fsp3) is 0.375. The lowest BCUT2D eigenvalue weighted by Crippen LogP contribution is -2.37. The topological polar surface area (TPSA) is 90.2 Å². The summed E-state index contributed by atoms with van der Waals surface area (Å²) in [5.74, 6) is -3.16. The highest BCUT2D eigenvalue weighted by atomic mass is 35.5. The van der Waals surface area contributed by atoms with Crippen LogP contribution in [-0.2, 0) is 4.79 Å². The Hall–Kier alpha value is -2.26. The molecule has 0 fully saturated rings. The number of nitrogens with zero attached hydrogens (tertiary/aromatic N) is 1. The quantitative estimate of drug-likeness (QED) is 0.259. The molecule has 33 heavy (non-hydrogen) atoms. The lowest BCUT2D eigenvalue weighted by molar-refractivity contribution is -0.134. The summed E-state index contributed by atoms with van der Waals surface area (Å²) in [6, 6.07) is 12.6. The highest BCUT2D eigenvalue weighted by Crippen LogP contribution is 2.61. The Labute approximate surface area is 200 Å². The summed E-state index contributed by atoms with van der Waals surface area (Å²) in [6.07, 6.45) is 3.97. The van der Waals surface area contributed by atoms with Gasteiger partial charge in [0.1, 0.15) is 12.0 Å². The summed E-state index contributed by atoms with van der Waals surface area (Å²) in [5.41, 5.74) is 1.06. The van der Waals surface area contributed by atoms with Crippen LogP contribution in [0.3, 0.4) is 0 Å². The molecule has 2 aromatic carbocycles. The number of carbonyl (C=O) groups is 1. The van der Waals surface area contributed by atoms with Crippen molar-refractivity contribution in [1.82, 2.24) is 0 Å². The molecule has 1 heterocycles. The molecule has 0 aromatic heterocycles. The van der Waals surface area contributed by atoms with E-state index in [2.05, 4.69) is 13.8 Å². The number of hydrogen-bond donors (Lipinski definition) is 3. The van der Waals surface area contributed by atoms with Crippen LogP contribution in [0.2, 0.25) is 5.02 Å². The molecular weight excluding hydrogens is 469 g/mol. The molecule has 1 aliphatic rings. The number of hydrogen-bond acceptors (Lipinski definition) is 5. The predicted octanol–water partition coefficient (Wildman–Crippen LogP) is 7.46. The van der Waals surface area contributed by atoms with Gasteiger partial charge in [-0.15, -0.1) is 0 Å². The number of halogens is 2. The van der Waals surface area contributed by atoms with E-state index in [1.54, 1.807) is 6.07 Å². The number of fused-ring (bicyclic) bond motifs is 1. The van der Waals surface area contributed by atoms with Crippen molar-refractivity contribution in [2.24, 2.45) is 5.41 Å². The van der Waals surface area contributed by atoms with E-state index in [4.69, 9.17) is 21.4 Å². The Morgan fingerprint density at radius 2 is 1.97 bits per heavy atom. The molecule has 0 saturated heterocycles. The van der Waals surface area contributed by atoms with Gasteiger partial charge in [-0.1, -0.05) is 56.5 Å². The number of para-hydroxylation sites is 1. The molecule has 0 amide bonds. The summed E-state index contributed by atoms with van der Waals surface area (Å²) in [4.78, 5) is 13.0. The first kappa shape index (κ1) is 25.4. The van der Waals surface area contributed by atoms with E-state index < -0.39 is 22.4 Å². The molecule has 1 atom stereocenters. The monoisotopic (exact) mass is 497 g/mol. The Morgan fingerprint density at radius 3 is 2.58 bits per heavy atom. The fourth-order valence-corrected chi connectivity index (χ4v) is 6.61. The van der Waals surface area contributed by atoms with Crippen LogP contribution in [0, 0.1) is 5.41 Å². The zero-order valence-electron chi connectivity index (χ0n) is 18.6. The van der Waals surface area contributed by atoms with E-state index in [0.717, 1.165) is 31.4 Å². The van der Waals surface area contributed by atoms with Crippen molar-refractivity contribution in [2.45, 2.75) is 44.4 Å². The minimum atomic E-state index is -3.27. The molecule has 180 valence electrons.